The highest BCUT2D eigenvalue weighted by Crippen LogP contribution is 2.01. The molecular formula is C7H18BSi. The average molecular weight is 141 g/mol. The van der Waals surface area contributed by atoms with Crippen LogP contribution in [0.5, 0.6) is 0 Å². The Morgan fingerprint density at radius 3 is 1.11 bits per heavy atom. The third kappa shape index (κ3) is 8.28. The maximum Gasteiger partial charge on any atom is 0.0606 e. The van der Waals surface area contributed by atoms with Crippen LogP contribution in [0.1, 0.15) is 20.8 Å². The Labute approximate surface area is 63.1 Å². The van der Waals surface area contributed by atoms with E-state index in [2.05, 4.69) is 28.6 Å². The predicted octanol–water partition coefficient (Wildman–Crippen LogP) is 2.74. The van der Waals surface area contributed by atoms with Crippen LogP contribution in [-0.4, -0.2) is 16.6 Å². The molecule has 0 aromatic carbocycles. The second-order valence-corrected chi connectivity index (χ2v) is 5.43. The Morgan fingerprint density at radius 2 is 1.11 bits per heavy atom. The minimum Gasteiger partial charge on any atom is -0.0999 e. The van der Waals surface area contributed by atoms with Crippen LogP contribution in [0.4, 0.5) is 0 Å². The van der Waals surface area contributed by atoms with Crippen LogP contribution in [0.25, 0.3) is 0 Å². The van der Waals surface area contributed by atoms with Gasteiger partial charge in [-0.15, -0.1) is 0 Å². The van der Waals surface area contributed by atoms with Crippen molar-refractivity contribution in [2.24, 2.45) is 0 Å². The van der Waals surface area contributed by atoms with Gasteiger partial charge in [0.2, 0.25) is 0 Å². The Hall–Kier alpha value is 0.282. The highest BCUT2D eigenvalue weighted by Gasteiger charge is 1.98. The van der Waals surface area contributed by atoms with Gasteiger partial charge in [0.1, 0.15) is 0 Å². The maximum absolute atomic E-state index is 4.50. The molecule has 0 spiro atoms. The van der Waals surface area contributed by atoms with Crippen molar-refractivity contribution in [3.63, 3.8) is 0 Å². The fourth-order valence-corrected chi connectivity index (χ4v) is 2.25. The predicted molar refractivity (Wildman–Crippen MR) is 48.8 cm³/mol. The summed E-state index contributed by atoms with van der Waals surface area (Å²) in [6.45, 7) is 8.42. The van der Waals surface area contributed by atoms with Gasteiger partial charge in [-0.3, -0.25) is 0 Å². The number of rotatable bonds is 3. The molecular weight excluding hydrogens is 123 g/mol. The molecule has 0 heterocycles. The monoisotopic (exact) mass is 141 g/mol. The van der Waals surface area contributed by atoms with Crippen LogP contribution in [0.2, 0.25) is 25.0 Å². The SMILES string of the molecule is CC[Si](CC)CC.[B]C. The lowest BCUT2D eigenvalue weighted by Gasteiger charge is -2.02. The topological polar surface area (TPSA) is 0 Å². The van der Waals surface area contributed by atoms with E-state index in [0.29, 0.717) is 0 Å². The summed E-state index contributed by atoms with van der Waals surface area (Å²) in [5, 5.41) is 0. The third-order valence-corrected chi connectivity index (χ3v) is 4.50. The van der Waals surface area contributed by atoms with Gasteiger partial charge in [-0.1, -0.05) is 45.7 Å². The largest absolute Gasteiger partial charge is 0.0999 e. The lowest BCUT2D eigenvalue weighted by atomic mass is 10.2. The third-order valence-electron chi connectivity index (χ3n) is 1.50. The number of hydrogen-bond acceptors (Lipinski definition) is 0. The van der Waals surface area contributed by atoms with Crippen molar-refractivity contribution in [1.82, 2.24) is 0 Å². The summed E-state index contributed by atoms with van der Waals surface area (Å²) in [5.41, 5.74) is 0. The molecule has 0 aliphatic rings. The smallest absolute Gasteiger partial charge is 0.0606 e. The van der Waals surface area contributed by atoms with Gasteiger partial charge >= 0.3 is 0 Å². The van der Waals surface area contributed by atoms with Crippen LogP contribution in [0.15, 0.2) is 0 Å². The van der Waals surface area contributed by atoms with Crippen molar-refractivity contribution < 1.29 is 0 Å². The minimum atomic E-state index is 0.137. The standard InChI is InChI=1S/C6H15Si.CH3B/c1-4-7(5-2)6-3;1-2/h4-6H2,1-3H3;1H3. The normalized spacial score (nSPS) is 8.56. The van der Waals surface area contributed by atoms with Crippen molar-refractivity contribution in [3.8, 4) is 0 Å². The Kier molecular flexibility index (Phi) is 14.8. The Morgan fingerprint density at radius 1 is 0.889 bits per heavy atom. The second-order valence-electron chi connectivity index (χ2n) is 1.81. The minimum absolute atomic E-state index is 0.137. The Balaban J connectivity index is 0. The molecule has 0 unspecified atom stereocenters. The molecule has 0 fully saturated rings. The van der Waals surface area contributed by atoms with E-state index in [1.165, 1.54) is 25.0 Å². The van der Waals surface area contributed by atoms with Crippen molar-refractivity contribution in [2.75, 3.05) is 0 Å². The van der Waals surface area contributed by atoms with Gasteiger partial charge in [0.25, 0.3) is 0 Å². The first kappa shape index (κ1) is 12.0. The molecule has 0 aromatic rings. The summed E-state index contributed by atoms with van der Waals surface area (Å²) in [4.78, 5) is 0. The van der Waals surface area contributed by atoms with Gasteiger partial charge in [-0.25, -0.2) is 0 Å². The van der Waals surface area contributed by atoms with E-state index in [1.807, 2.05) is 0 Å². The molecule has 0 N–H and O–H groups in total. The molecule has 53 valence electrons. The van der Waals surface area contributed by atoms with Gasteiger partial charge in [0.15, 0.2) is 0 Å². The highest BCUT2D eigenvalue weighted by atomic mass is 28.3. The first-order chi connectivity index (χ1) is 4.35. The lowest BCUT2D eigenvalue weighted by molar-refractivity contribution is 1.24. The molecule has 0 aliphatic heterocycles. The summed E-state index contributed by atoms with van der Waals surface area (Å²) in [6, 6.07) is 4.37. The van der Waals surface area contributed by atoms with Crippen molar-refractivity contribution in [3.05, 3.63) is 0 Å². The van der Waals surface area contributed by atoms with Crippen LogP contribution in [0.3, 0.4) is 0 Å². The first-order valence-corrected chi connectivity index (χ1v) is 5.88. The van der Waals surface area contributed by atoms with Crippen LogP contribution in [-0.2, 0) is 0 Å². The molecule has 9 heavy (non-hydrogen) atoms. The molecule has 0 amide bonds. The zero-order chi connectivity index (χ0) is 7.70. The summed E-state index contributed by atoms with van der Waals surface area (Å²) >= 11 is 0. The summed E-state index contributed by atoms with van der Waals surface area (Å²) in [5.74, 6) is 0. The second kappa shape index (κ2) is 11.1. The van der Waals surface area contributed by atoms with Crippen molar-refractivity contribution in [1.29, 1.82) is 0 Å². The van der Waals surface area contributed by atoms with Crippen LogP contribution in [0, 0.1) is 0 Å². The fraction of sp³-hybridized carbons (Fsp3) is 1.00. The van der Waals surface area contributed by atoms with Crippen LogP contribution < -0.4 is 0 Å². The first-order valence-electron chi connectivity index (χ1n) is 3.76. The molecule has 2 heteroatoms. The van der Waals surface area contributed by atoms with E-state index in [4.69, 9.17) is 0 Å². The van der Waals surface area contributed by atoms with E-state index in [9.17, 15) is 0 Å². The zero-order valence-corrected chi connectivity index (χ0v) is 8.20. The zero-order valence-electron chi connectivity index (χ0n) is 7.20. The lowest BCUT2D eigenvalue weighted by Crippen LogP contribution is -2.04. The van der Waals surface area contributed by atoms with E-state index >= 15 is 0 Å². The van der Waals surface area contributed by atoms with E-state index in [-0.39, 0.29) is 8.80 Å². The molecule has 3 radical (unpaired) electrons. The molecule has 0 bridgehead atoms. The highest BCUT2D eigenvalue weighted by molar-refractivity contribution is 6.58. The average Bonchev–Trinajstić information content (AvgIpc) is 1.96. The molecule has 0 nitrogen and oxygen atoms in total. The van der Waals surface area contributed by atoms with Crippen molar-refractivity contribution in [2.45, 2.75) is 45.7 Å². The molecule has 0 saturated heterocycles. The van der Waals surface area contributed by atoms with Gasteiger partial charge in [-0.05, 0) is 0 Å². The summed E-state index contributed by atoms with van der Waals surface area (Å²) in [6.07, 6.45) is 0. The van der Waals surface area contributed by atoms with Gasteiger partial charge in [0.05, 0.1) is 7.85 Å². The van der Waals surface area contributed by atoms with Gasteiger partial charge in [0, 0.05) is 8.80 Å². The molecule has 0 rings (SSSR count). The maximum atomic E-state index is 4.50. The quantitative estimate of drug-likeness (QED) is 0.530. The number of hydrogen-bond donors (Lipinski definition) is 0. The van der Waals surface area contributed by atoms with Gasteiger partial charge < -0.3 is 0 Å². The summed E-state index contributed by atoms with van der Waals surface area (Å²) < 4.78 is 0. The molecule has 0 saturated carbocycles. The summed E-state index contributed by atoms with van der Waals surface area (Å²) in [7, 11) is 4.64. The molecule has 0 atom stereocenters. The van der Waals surface area contributed by atoms with Crippen molar-refractivity contribution >= 4 is 16.6 Å². The van der Waals surface area contributed by atoms with E-state index in [1.54, 1.807) is 0 Å². The molecule has 0 aliphatic carbocycles. The Bertz CT molecular complexity index is 30.4. The van der Waals surface area contributed by atoms with E-state index in [0.717, 1.165) is 0 Å². The van der Waals surface area contributed by atoms with E-state index < -0.39 is 0 Å². The molecule has 0 aromatic heterocycles. The fourth-order valence-electron chi connectivity index (χ4n) is 0.750. The van der Waals surface area contributed by atoms with Crippen LogP contribution >= 0.6 is 0 Å². The van der Waals surface area contributed by atoms with Gasteiger partial charge in [-0.2, -0.15) is 0 Å².